The van der Waals surface area contributed by atoms with Crippen LogP contribution in [0.4, 0.5) is 0 Å². The minimum Gasteiger partial charge on any atom is -0.291 e. The van der Waals surface area contributed by atoms with E-state index in [9.17, 15) is 4.79 Å². The van der Waals surface area contributed by atoms with E-state index in [1.807, 2.05) is 6.29 Å². The molecule has 0 N–H and O–H groups in total. The predicted molar refractivity (Wildman–Crippen MR) is 62.1 cm³/mol. The van der Waals surface area contributed by atoms with Gasteiger partial charge in [-0.15, -0.1) is 0 Å². The van der Waals surface area contributed by atoms with Gasteiger partial charge in [-0.1, -0.05) is 52.9 Å². The number of hydrogen-bond acceptors (Lipinski definition) is 1. The summed E-state index contributed by atoms with van der Waals surface area (Å²) in [4.78, 5) is 9.93. The zero-order valence-corrected chi connectivity index (χ0v) is 10.1. The molecule has 0 atom stereocenters. The highest BCUT2D eigenvalue weighted by atomic mass is 16.1. The Morgan fingerprint density at radius 2 is 1.36 bits per heavy atom. The molecule has 1 radical (unpaired) electrons. The van der Waals surface area contributed by atoms with Crippen molar-refractivity contribution in [3.8, 4) is 0 Å². The maximum atomic E-state index is 9.93. The van der Waals surface area contributed by atoms with E-state index in [4.69, 9.17) is 0 Å². The number of carbonyl (C=O) groups excluding carboxylic acids is 1. The van der Waals surface area contributed by atoms with Crippen LogP contribution in [0.25, 0.3) is 0 Å². The molecule has 1 heteroatoms. The van der Waals surface area contributed by atoms with Gasteiger partial charge in [0.25, 0.3) is 0 Å². The summed E-state index contributed by atoms with van der Waals surface area (Å²) in [7, 11) is 0. The molecule has 83 valence electrons. The Labute approximate surface area is 89.3 Å². The lowest BCUT2D eigenvalue weighted by Crippen LogP contribution is -2.03. The molecule has 0 aliphatic rings. The molecule has 0 fully saturated rings. The molecule has 0 saturated carbocycles. The van der Waals surface area contributed by atoms with Crippen molar-refractivity contribution in [3.63, 3.8) is 0 Å². The summed E-state index contributed by atoms with van der Waals surface area (Å²) >= 11 is 0. The second-order valence-electron chi connectivity index (χ2n) is 5.33. The zero-order valence-electron chi connectivity index (χ0n) is 10.1. The fraction of sp³-hybridized carbons (Fsp3) is 0.923. The number of rotatable bonds is 8. The van der Waals surface area contributed by atoms with E-state index >= 15 is 0 Å². The highest BCUT2D eigenvalue weighted by Crippen LogP contribution is 2.22. The van der Waals surface area contributed by atoms with Gasteiger partial charge in [-0.05, 0) is 18.3 Å². The van der Waals surface area contributed by atoms with Gasteiger partial charge in [0.2, 0.25) is 0 Å². The summed E-state index contributed by atoms with van der Waals surface area (Å²) in [5.41, 5.74) is 0.493. The Morgan fingerprint density at radius 1 is 0.857 bits per heavy atom. The Kier molecular flexibility index (Phi) is 7.83. The van der Waals surface area contributed by atoms with E-state index in [0.717, 1.165) is 6.42 Å². The van der Waals surface area contributed by atoms with Gasteiger partial charge in [-0.25, -0.2) is 0 Å². The molecular formula is C13H25O. The van der Waals surface area contributed by atoms with Crippen LogP contribution >= 0.6 is 0 Å². The van der Waals surface area contributed by atoms with Crippen molar-refractivity contribution >= 4 is 6.29 Å². The maximum Gasteiger partial charge on any atom is 0.198 e. The molecule has 0 unspecified atom stereocenters. The Balaban J connectivity index is 3.03. The second kappa shape index (κ2) is 8.02. The van der Waals surface area contributed by atoms with Gasteiger partial charge in [0.15, 0.2) is 6.29 Å². The van der Waals surface area contributed by atoms with Crippen LogP contribution in [-0.4, -0.2) is 6.29 Å². The van der Waals surface area contributed by atoms with Gasteiger partial charge in [0, 0.05) is 6.42 Å². The highest BCUT2D eigenvalue weighted by Gasteiger charge is 2.08. The van der Waals surface area contributed by atoms with Crippen molar-refractivity contribution in [3.05, 3.63) is 0 Å². The molecule has 0 aromatic heterocycles. The Bertz CT molecular complexity index is 133. The summed E-state index contributed by atoms with van der Waals surface area (Å²) in [6, 6.07) is 0. The van der Waals surface area contributed by atoms with Crippen molar-refractivity contribution < 1.29 is 4.79 Å². The summed E-state index contributed by atoms with van der Waals surface area (Å²) in [6.45, 7) is 6.90. The molecule has 1 nitrogen and oxygen atoms in total. The second-order valence-corrected chi connectivity index (χ2v) is 5.33. The first-order valence-electron chi connectivity index (χ1n) is 5.91. The monoisotopic (exact) mass is 197 g/mol. The van der Waals surface area contributed by atoms with Crippen LogP contribution in [0, 0.1) is 5.41 Å². The third kappa shape index (κ3) is 11.7. The molecule has 0 spiro atoms. The minimum atomic E-state index is 0.493. The molecule has 0 heterocycles. The van der Waals surface area contributed by atoms with E-state index < -0.39 is 0 Å². The highest BCUT2D eigenvalue weighted by molar-refractivity contribution is 5.50. The van der Waals surface area contributed by atoms with Gasteiger partial charge < -0.3 is 0 Å². The quantitative estimate of drug-likeness (QED) is 0.531. The smallest absolute Gasteiger partial charge is 0.198 e. The molecule has 0 aromatic rings. The van der Waals surface area contributed by atoms with Gasteiger partial charge in [0.1, 0.15) is 0 Å². The van der Waals surface area contributed by atoms with Crippen molar-refractivity contribution in [1.82, 2.24) is 0 Å². The zero-order chi connectivity index (χ0) is 10.9. The average Bonchev–Trinajstić information content (AvgIpc) is 2.08. The summed E-state index contributed by atoms with van der Waals surface area (Å²) in [5.74, 6) is 0. The van der Waals surface area contributed by atoms with Crippen LogP contribution in [0.3, 0.4) is 0 Å². The molecule has 0 rings (SSSR count). The van der Waals surface area contributed by atoms with Crippen molar-refractivity contribution in [1.29, 1.82) is 0 Å². The van der Waals surface area contributed by atoms with Crippen LogP contribution in [0.2, 0.25) is 0 Å². The first kappa shape index (κ1) is 13.7. The number of hydrogen-bond donors (Lipinski definition) is 0. The number of unbranched alkanes of at least 4 members (excludes halogenated alkanes) is 6. The Morgan fingerprint density at radius 3 is 1.86 bits per heavy atom. The van der Waals surface area contributed by atoms with E-state index in [0.29, 0.717) is 11.8 Å². The molecule has 14 heavy (non-hydrogen) atoms. The molecule has 0 bridgehead atoms. The SMILES string of the molecule is CC(C)(C)CCCCCCCC[C]=O. The van der Waals surface area contributed by atoms with Crippen LogP contribution in [0.5, 0.6) is 0 Å². The largest absolute Gasteiger partial charge is 0.291 e. The summed E-state index contributed by atoms with van der Waals surface area (Å²) in [5, 5.41) is 0. The van der Waals surface area contributed by atoms with E-state index in [-0.39, 0.29) is 0 Å². The van der Waals surface area contributed by atoms with Crippen LogP contribution in [0.1, 0.15) is 72.1 Å². The van der Waals surface area contributed by atoms with Gasteiger partial charge in [-0.2, -0.15) is 0 Å². The molecule has 0 aliphatic carbocycles. The topological polar surface area (TPSA) is 17.1 Å². The van der Waals surface area contributed by atoms with E-state index in [1.165, 1.54) is 38.5 Å². The first-order valence-corrected chi connectivity index (χ1v) is 5.91. The third-order valence-corrected chi connectivity index (χ3v) is 2.46. The van der Waals surface area contributed by atoms with E-state index in [1.54, 1.807) is 0 Å². The van der Waals surface area contributed by atoms with Gasteiger partial charge in [-0.3, -0.25) is 4.79 Å². The average molecular weight is 197 g/mol. The summed E-state index contributed by atoms with van der Waals surface area (Å²) < 4.78 is 0. The predicted octanol–water partition coefficient (Wildman–Crippen LogP) is 4.26. The Hall–Kier alpha value is -0.330. The van der Waals surface area contributed by atoms with E-state index in [2.05, 4.69) is 20.8 Å². The molecule has 0 amide bonds. The lowest BCUT2D eigenvalue weighted by molar-refractivity contribution is 0.356. The fourth-order valence-corrected chi connectivity index (χ4v) is 1.56. The lowest BCUT2D eigenvalue weighted by Gasteiger charge is -2.17. The molecule has 0 aliphatic heterocycles. The third-order valence-electron chi connectivity index (χ3n) is 2.46. The molecule has 0 aromatic carbocycles. The maximum absolute atomic E-state index is 9.93. The minimum absolute atomic E-state index is 0.493. The summed E-state index contributed by atoms with van der Waals surface area (Å²) in [6.07, 6.45) is 11.4. The van der Waals surface area contributed by atoms with Crippen LogP contribution in [-0.2, 0) is 4.79 Å². The van der Waals surface area contributed by atoms with Crippen molar-refractivity contribution in [2.75, 3.05) is 0 Å². The van der Waals surface area contributed by atoms with Crippen molar-refractivity contribution in [2.24, 2.45) is 5.41 Å². The molecule has 0 saturated heterocycles. The van der Waals surface area contributed by atoms with Crippen molar-refractivity contribution in [2.45, 2.75) is 72.1 Å². The normalized spacial score (nSPS) is 11.6. The van der Waals surface area contributed by atoms with Crippen LogP contribution in [0.15, 0.2) is 0 Å². The standard InChI is InChI=1S/C13H25O/c1-13(2,3)11-9-7-5-4-6-8-10-12-14/h4-11H2,1-3H3. The van der Waals surface area contributed by atoms with Gasteiger partial charge >= 0.3 is 0 Å². The first-order chi connectivity index (χ1) is 6.56. The fourth-order valence-electron chi connectivity index (χ4n) is 1.56. The lowest BCUT2D eigenvalue weighted by atomic mass is 9.89. The van der Waals surface area contributed by atoms with Crippen LogP contribution < -0.4 is 0 Å². The molecular weight excluding hydrogens is 172 g/mol. The van der Waals surface area contributed by atoms with Gasteiger partial charge in [0.05, 0.1) is 0 Å².